The van der Waals surface area contributed by atoms with Crippen LogP contribution in [-0.2, 0) is 15.4 Å². The molecule has 0 saturated carbocycles. The average Bonchev–Trinajstić information content (AvgIpc) is 2.39. The van der Waals surface area contributed by atoms with Crippen LogP contribution in [0, 0.1) is 0 Å². The third-order valence-corrected chi connectivity index (χ3v) is 5.51. The molecule has 19 heavy (non-hydrogen) atoms. The molecular formula is C13H11Br2NO2S. The molecule has 6 heteroatoms. The van der Waals surface area contributed by atoms with Crippen molar-refractivity contribution in [3.05, 3.63) is 58.6 Å². The topological polar surface area (TPSA) is 46.2 Å². The zero-order chi connectivity index (χ0) is 13.9. The Morgan fingerprint density at radius 1 is 1.00 bits per heavy atom. The molecule has 2 aromatic rings. The van der Waals surface area contributed by atoms with Gasteiger partial charge < -0.3 is 0 Å². The number of alkyl halides is 1. The van der Waals surface area contributed by atoms with Crippen LogP contribution in [0.4, 0.5) is 5.69 Å². The van der Waals surface area contributed by atoms with Gasteiger partial charge in [-0.2, -0.15) is 0 Å². The van der Waals surface area contributed by atoms with Crippen molar-refractivity contribution in [1.29, 1.82) is 0 Å². The van der Waals surface area contributed by atoms with Gasteiger partial charge in [0.15, 0.2) is 0 Å². The lowest BCUT2D eigenvalue weighted by Crippen LogP contribution is -2.14. The van der Waals surface area contributed by atoms with Crippen LogP contribution in [-0.4, -0.2) is 8.42 Å². The molecular weight excluding hydrogens is 394 g/mol. The Balaban J connectivity index is 2.40. The van der Waals surface area contributed by atoms with Gasteiger partial charge in [-0.15, -0.1) is 0 Å². The maximum atomic E-state index is 12.3. The van der Waals surface area contributed by atoms with E-state index in [0.717, 1.165) is 5.56 Å². The van der Waals surface area contributed by atoms with E-state index in [1.807, 2.05) is 12.1 Å². The summed E-state index contributed by atoms with van der Waals surface area (Å²) in [4.78, 5) is 0.222. The number of nitrogens with one attached hydrogen (secondary N) is 1. The molecule has 0 aliphatic carbocycles. The quantitative estimate of drug-likeness (QED) is 0.778. The van der Waals surface area contributed by atoms with Crippen molar-refractivity contribution in [2.45, 2.75) is 10.2 Å². The Morgan fingerprint density at radius 2 is 1.63 bits per heavy atom. The zero-order valence-electron chi connectivity index (χ0n) is 9.81. The molecule has 0 unspecified atom stereocenters. The van der Waals surface area contributed by atoms with Crippen LogP contribution in [0.15, 0.2) is 57.9 Å². The number of halogens is 2. The summed E-state index contributed by atoms with van der Waals surface area (Å²) in [6.07, 6.45) is 0. The molecule has 1 N–H and O–H groups in total. The maximum Gasteiger partial charge on any atom is 0.263 e. The van der Waals surface area contributed by atoms with Crippen molar-refractivity contribution in [1.82, 2.24) is 0 Å². The van der Waals surface area contributed by atoms with E-state index in [-0.39, 0.29) is 4.90 Å². The van der Waals surface area contributed by atoms with E-state index < -0.39 is 10.0 Å². The molecule has 0 aliphatic heterocycles. The highest BCUT2D eigenvalue weighted by atomic mass is 79.9. The van der Waals surface area contributed by atoms with Crippen LogP contribution in [0.1, 0.15) is 5.56 Å². The fraction of sp³-hybridized carbons (Fsp3) is 0.0769. The maximum absolute atomic E-state index is 12.3. The summed E-state index contributed by atoms with van der Waals surface area (Å²) >= 11 is 6.60. The van der Waals surface area contributed by atoms with Gasteiger partial charge in [0.1, 0.15) is 4.90 Å². The summed E-state index contributed by atoms with van der Waals surface area (Å²) in [6, 6.07) is 14.0. The third-order valence-electron chi connectivity index (χ3n) is 2.53. The molecule has 3 nitrogen and oxygen atoms in total. The van der Waals surface area contributed by atoms with Gasteiger partial charge in [-0.1, -0.05) is 46.3 Å². The van der Waals surface area contributed by atoms with Crippen molar-refractivity contribution in [3.8, 4) is 0 Å². The molecule has 0 spiro atoms. The molecule has 0 fully saturated rings. The molecule has 0 bridgehead atoms. The van der Waals surface area contributed by atoms with E-state index in [1.165, 1.54) is 0 Å². The van der Waals surface area contributed by atoms with E-state index in [9.17, 15) is 8.42 Å². The van der Waals surface area contributed by atoms with E-state index in [2.05, 4.69) is 36.6 Å². The minimum Gasteiger partial charge on any atom is -0.279 e. The highest BCUT2D eigenvalue weighted by Crippen LogP contribution is 2.26. The molecule has 2 aromatic carbocycles. The second-order valence-corrected chi connectivity index (χ2v) is 6.89. The molecule has 2 rings (SSSR count). The van der Waals surface area contributed by atoms with Gasteiger partial charge in [0.25, 0.3) is 10.0 Å². The van der Waals surface area contributed by atoms with Gasteiger partial charge in [0, 0.05) is 9.80 Å². The first kappa shape index (κ1) is 14.6. The Morgan fingerprint density at radius 3 is 2.32 bits per heavy atom. The minimum atomic E-state index is -3.59. The molecule has 0 heterocycles. The van der Waals surface area contributed by atoms with Gasteiger partial charge in [-0.05, 0) is 39.7 Å². The van der Waals surface area contributed by atoms with Crippen molar-refractivity contribution >= 4 is 47.6 Å². The normalized spacial score (nSPS) is 11.3. The fourth-order valence-electron chi connectivity index (χ4n) is 1.60. The van der Waals surface area contributed by atoms with E-state index >= 15 is 0 Å². The molecule has 0 amide bonds. The van der Waals surface area contributed by atoms with Crippen LogP contribution in [0.5, 0.6) is 0 Å². The Kier molecular flexibility index (Phi) is 4.65. The summed E-state index contributed by atoms with van der Waals surface area (Å²) in [5, 5.41) is 0.585. The molecule has 0 aromatic heterocycles. The number of hydrogen-bond donors (Lipinski definition) is 1. The lowest BCUT2D eigenvalue weighted by Gasteiger charge is -2.12. The van der Waals surface area contributed by atoms with Crippen LogP contribution in [0.2, 0.25) is 0 Å². The number of hydrogen-bond acceptors (Lipinski definition) is 2. The molecule has 0 saturated heterocycles. The Hall–Kier alpha value is -0.850. The average molecular weight is 405 g/mol. The Labute approximate surface area is 129 Å². The predicted octanol–water partition coefficient (Wildman–Crippen LogP) is 4.14. The second-order valence-electron chi connectivity index (χ2n) is 3.83. The highest BCUT2D eigenvalue weighted by molar-refractivity contribution is 9.10. The fourth-order valence-corrected chi connectivity index (χ4v) is 4.19. The molecule has 0 radical (unpaired) electrons. The van der Waals surface area contributed by atoms with E-state index in [4.69, 9.17) is 0 Å². The Bertz CT molecular complexity index is 687. The summed E-state index contributed by atoms with van der Waals surface area (Å²) in [7, 11) is -3.59. The first-order chi connectivity index (χ1) is 9.04. The SMILES string of the molecule is O=S(=O)(Nc1ccccc1CBr)c1ccccc1Br. The second kappa shape index (κ2) is 6.07. The number of para-hydroxylation sites is 1. The van der Waals surface area contributed by atoms with Gasteiger partial charge in [-0.3, -0.25) is 4.72 Å². The smallest absolute Gasteiger partial charge is 0.263 e. The van der Waals surface area contributed by atoms with Crippen LogP contribution in [0.25, 0.3) is 0 Å². The standard InChI is InChI=1S/C13H11Br2NO2S/c14-9-10-5-1-3-7-12(10)16-19(17,18)13-8-4-2-6-11(13)15/h1-8,16H,9H2. The summed E-state index contributed by atoms with van der Waals surface area (Å²) in [6.45, 7) is 0. The number of benzene rings is 2. The predicted molar refractivity (Wildman–Crippen MR) is 84.0 cm³/mol. The molecule has 0 aliphatic rings. The van der Waals surface area contributed by atoms with Crippen molar-refractivity contribution in [2.24, 2.45) is 0 Å². The lowest BCUT2D eigenvalue weighted by molar-refractivity contribution is 0.600. The number of sulfonamides is 1. The van der Waals surface area contributed by atoms with E-state index in [1.54, 1.807) is 36.4 Å². The molecule has 0 atom stereocenters. The largest absolute Gasteiger partial charge is 0.279 e. The first-order valence-corrected chi connectivity index (χ1v) is 8.85. The first-order valence-electron chi connectivity index (χ1n) is 5.46. The highest BCUT2D eigenvalue weighted by Gasteiger charge is 2.18. The van der Waals surface area contributed by atoms with Gasteiger partial charge in [0.05, 0.1) is 5.69 Å². The van der Waals surface area contributed by atoms with Gasteiger partial charge in [0.2, 0.25) is 0 Å². The number of anilines is 1. The van der Waals surface area contributed by atoms with Crippen LogP contribution < -0.4 is 4.72 Å². The van der Waals surface area contributed by atoms with Gasteiger partial charge >= 0.3 is 0 Å². The summed E-state index contributed by atoms with van der Waals surface area (Å²) in [5.74, 6) is 0. The van der Waals surface area contributed by atoms with Crippen molar-refractivity contribution in [2.75, 3.05) is 4.72 Å². The monoisotopic (exact) mass is 403 g/mol. The van der Waals surface area contributed by atoms with Crippen LogP contribution in [0.3, 0.4) is 0 Å². The van der Waals surface area contributed by atoms with Crippen molar-refractivity contribution in [3.63, 3.8) is 0 Å². The lowest BCUT2D eigenvalue weighted by atomic mass is 10.2. The van der Waals surface area contributed by atoms with Gasteiger partial charge in [-0.25, -0.2) is 8.42 Å². The third kappa shape index (κ3) is 3.38. The molecule has 100 valence electrons. The van der Waals surface area contributed by atoms with Crippen LogP contribution >= 0.6 is 31.9 Å². The minimum absolute atomic E-state index is 0.222. The van der Waals surface area contributed by atoms with E-state index in [0.29, 0.717) is 15.5 Å². The zero-order valence-corrected chi connectivity index (χ0v) is 13.8. The summed E-state index contributed by atoms with van der Waals surface area (Å²) < 4.78 is 27.8. The number of rotatable bonds is 4. The van der Waals surface area contributed by atoms with Crippen molar-refractivity contribution < 1.29 is 8.42 Å². The summed E-state index contributed by atoms with van der Waals surface area (Å²) in [5.41, 5.74) is 1.47.